The van der Waals surface area contributed by atoms with Crippen LogP contribution in [0, 0.1) is 5.41 Å². The van der Waals surface area contributed by atoms with E-state index in [2.05, 4.69) is 29.1 Å². The Balaban J connectivity index is 2.23. The molecular formula is C15H23N3O3. The molecule has 116 valence electrons. The van der Waals surface area contributed by atoms with Gasteiger partial charge < -0.3 is 15.2 Å². The van der Waals surface area contributed by atoms with E-state index in [9.17, 15) is 9.90 Å². The van der Waals surface area contributed by atoms with Crippen molar-refractivity contribution in [3.8, 4) is 0 Å². The van der Waals surface area contributed by atoms with Crippen molar-refractivity contribution in [1.29, 1.82) is 0 Å². The van der Waals surface area contributed by atoms with Gasteiger partial charge in [-0.15, -0.1) is 0 Å². The Hall–Kier alpha value is -1.69. The zero-order valence-corrected chi connectivity index (χ0v) is 13.2. The van der Waals surface area contributed by atoms with Crippen LogP contribution in [0.1, 0.15) is 56.3 Å². The number of nitrogens with one attached hydrogen (secondary N) is 1. The molecular weight excluding hydrogens is 270 g/mol. The Bertz CT molecular complexity index is 543. The topological polar surface area (TPSA) is 84.3 Å². The molecule has 1 saturated carbocycles. The summed E-state index contributed by atoms with van der Waals surface area (Å²) in [6.07, 6.45) is 2.59. The van der Waals surface area contributed by atoms with Gasteiger partial charge in [-0.2, -0.15) is 0 Å². The SMILES string of the molecule is COC1CC(Nc2cnc(C(C)C)nc2C(=O)O)C1(C)C. The molecule has 0 saturated heterocycles. The molecule has 1 fully saturated rings. The smallest absolute Gasteiger partial charge is 0.356 e. The molecule has 1 aromatic rings. The first kappa shape index (κ1) is 15.7. The van der Waals surface area contributed by atoms with E-state index in [1.54, 1.807) is 13.3 Å². The van der Waals surface area contributed by atoms with Crippen LogP contribution in [-0.2, 0) is 4.74 Å². The van der Waals surface area contributed by atoms with Gasteiger partial charge in [0.15, 0.2) is 5.69 Å². The van der Waals surface area contributed by atoms with E-state index >= 15 is 0 Å². The van der Waals surface area contributed by atoms with Gasteiger partial charge in [0.25, 0.3) is 0 Å². The molecule has 1 aliphatic carbocycles. The van der Waals surface area contributed by atoms with Crippen LogP contribution >= 0.6 is 0 Å². The van der Waals surface area contributed by atoms with Crippen molar-refractivity contribution in [2.75, 3.05) is 12.4 Å². The molecule has 2 rings (SSSR count). The molecule has 0 spiro atoms. The fourth-order valence-corrected chi connectivity index (χ4v) is 2.66. The van der Waals surface area contributed by atoms with Crippen molar-refractivity contribution < 1.29 is 14.6 Å². The van der Waals surface area contributed by atoms with E-state index in [0.717, 1.165) is 6.42 Å². The summed E-state index contributed by atoms with van der Waals surface area (Å²) in [5.41, 5.74) is 0.450. The Labute approximate surface area is 124 Å². The van der Waals surface area contributed by atoms with Crippen LogP contribution in [0.2, 0.25) is 0 Å². The summed E-state index contributed by atoms with van der Waals surface area (Å²) in [6.45, 7) is 8.08. The Kier molecular flexibility index (Phi) is 4.18. The summed E-state index contributed by atoms with van der Waals surface area (Å²) in [6, 6.07) is 0.147. The van der Waals surface area contributed by atoms with Crippen LogP contribution in [-0.4, -0.2) is 40.3 Å². The molecule has 6 nitrogen and oxygen atoms in total. The van der Waals surface area contributed by atoms with Crippen LogP contribution < -0.4 is 5.32 Å². The van der Waals surface area contributed by atoms with Crippen molar-refractivity contribution in [1.82, 2.24) is 9.97 Å². The van der Waals surface area contributed by atoms with Crippen LogP contribution in [0.3, 0.4) is 0 Å². The van der Waals surface area contributed by atoms with Gasteiger partial charge in [0.1, 0.15) is 5.82 Å². The molecule has 0 aromatic carbocycles. The number of aromatic nitrogens is 2. The largest absolute Gasteiger partial charge is 0.476 e. The summed E-state index contributed by atoms with van der Waals surface area (Å²) < 4.78 is 5.41. The summed E-state index contributed by atoms with van der Waals surface area (Å²) in [4.78, 5) is 19.8. The standard InChI is InChI=1S/C15H23N3O3/c1-8(2)13-16-7-9(12(18-13)14(19)20)17-10-6-11(21-5)15(10,3)4/h7-8,10-11,17H,6H2,1-5H3,(H,19,20). The molecule has 2 N–H and O–H groups in total. The number of hydrogen-bond donors (Lipinski definition) is 2. The van der Waals surface area contributed by atoms with E-state index < -0.39 is 5.97 Å². The van der Waals surface area contributed by atoms with Crippen LogP contribution in [0.5, 0.6) is 0 Å². The van der Waals surface area contributed by atoms with Crippen molar-refractivity contribution in [3.05, 3.63) is 17.7 Å². The Morgan fingerprint density at radius 3 is 2.67 bits per heavy atom. The van der Waals surface area contributed by atoms with Crippen molar-refractivity contribution in [2.24, 2.45) is 5.41 Å². The number of hydrogen-bond acceptors (Lipinski definition) is 5. The molecule has 2 unspecified atom stereocenters. The second-order valence-corrected chi connectivity index (χ2v) is 6.43. The summed E-state index contributed by atoms with van der Waals surface area (Å²) in [5.74, 6) is -0.405. The monoisotopic (exact) mass is 293 g/mol. The lowest BCUT2D eigenvalue weighted by Gasteiger charge is -2.51. The van der Waals surface area contributed by atoms with E-state index in [1.165, 1.54) is 0 Å². The van der Waals surface area contributed by atoms with Gasteiger partial charge in [-0.3, -0.25) is 0 Å². The first-order chi connectivity index (χ1) is 9.77. The molecule has 1 aromatic heterocycles. The predicted octanol–water partition coefficient (Wildman–Crippen LogP) is 2.52. The van der Waals surface area contributed by atoms with Gasteiger partial charge >= 0.3 is 5.97 Å². The van der Waals surface area contributed by atoms with E-state index in [-0.39, 0.29) is 29.2 Å². The minimum absolute atomic E-state index is 0.0327. The van der Waals surface area contributed by atoms with Crippen molar-refractivity contribution >= 4 is 11.7 Å². The zero-order chi connectivity index (χ0) is 15.8. The average Bonchev–Trinajstić information content (AvgIpc) is 2.42. The highest BCUT2D eigenvalue weighted by atomic mass is 16.5. The Morgan fingerprint density at radius 2 is 2.19 bits per heavy atom. The predicted molar refractivity (Wildman–Crippen MR) is 79.7 cm³/mol. The maximum Gasteiger partial charge on any atom is 0.356 e. The highest BCUT2D eigenvalue weighted by Gasteiger charge is 2.48. The lowest BCUT2D eigenvalue weighted by atomic mass is 9.64. The van der Waals surface area contributed by atoms with E-state index in [0.29, 0.717) is 11.5 Å². The Morgan fingerprint density at radius 1 is 1.52 bits per heavy atom. The lowest BCUT2D eigenvalue weighted by Crippen LogP contribution is -2.57. The quantitative estimate of drug-likeness (QED) is 0.868. The molecule has 0 radical (unpaired) electrons. The lowest BCUT2D eigenvalue weighted by molar-refractivity contribution is -0.0794. The van der Waals surface area contributed by atoms with Crippen LogP contribution in [0.15, 0.2) is 6.20 Å². The van der Waals surface area contributed by atoms with E-state index in [1.807, 2.05) is 13.8 Å². The van der Waals surface area contributed by atoms with Gasteiger partial charge in [0, 0.05) is 24.5 Å². The van der Waals surface area contributed by atoms with Gasteiger partial charge in [-0.1, -0.05) is 27.7 Å². The number of carbonyl (C=O) groups is 1. The van der Waals surface area contributed by atoms with Crippen molar-refractivity contribution in [2.45, 2.75) is 52.2 Å². The first-order valence-corrected chi connectivity index (χ1v) is 7.17. The number of anilines is 1. The maximum absolute atomic E-state index is 11.4. The molecule has 6 heteroatoms. The fourth-order valence-electron chi connectivity index (χ4n) is 2.66. The number of carboxylic acid groups (broad SMARTS) is 1. The summed E-state index contributed by atoms with van der Waals surface area (Å²) >= 11 is 0. The molecule has 21 heavy (non-hydrogen) atoms. The third-order valence-corrected chi connectivity index (χ3v) is 4.32. The molecule has 0 aliphatic heterocycles. The number of ether oxygens (including phenoxy) is 1. The second kappa shape index (κ2) is 5.60. The normalized spacial score (nSPS) is 23.7. The van der Waals surface area contributed by atoms with Gasteiger partial charge in [-0.05, 0) is 6.42 Å². The second-order valence-electron chi connectivity index (χ2n) is 6.43. The van der Waals surface area contributed by atoms with Gasteiger partial charge in [-0.25, -0.2) is 14.8 Å². The number of rotatable bonds is 5. The number of methoxy groups -OCH3 is 1. The average molecular weight is 293 g/mol. The molecule has 1 aliphatic rings. The van der Waals surface area contributed by atoms with Crippen LogP contribution in [0.4, 0.5) is 5.69 Å². The number of nitrogens with zero attached hydrogens (tertiary/aromatic N) is 2. The van der Waals surface area contributed by atoms with E-state index in [4.69, 9.17) is 4.74 Å². The first-order valence-electron chi connectivity index (χ1n) is 7.17. The van der Waals surface area contributed by atoms with Crippen molar-refractivity contribution in [3.63, 3.8) is 0 Å². The molecule has 1 heterocycles. The number of aromatic carboxylic acids is 1. The van der Waals surface area contributed by atoms with Gasteiger partial charge in [0.2, 0.25) is 0 Å². The highest BCUT2D eigenvalue weighted by Crippen LogP contribution is 2.44. The highest BCUT2D eigenvalue weighted by molar-refractivity contribution is 5.91. The van der Waals surface area contributed by atoms with Gasteiger partial charge in [0.05, 0.1) is 18.0 Å². The third kappa shape index (κ3) is 2.85. The maximum atomic E-state index is 11.4. The fraction of sp³-hybridized carbons (Fsp3) is 0.667. The molecule has 0 bridgehead atoms. The molecule has 2 atom stereocenters. The minimum Gasteiger partial charge on any atom is -0.476 e. The zero-order valence-electron chi connectivity index (χ0n) is 13.2. The molecule has 0 amide bonds. The summed E-state index contributed by atoms with van der Waals surface area (Å²) in [7, 11) is 1.70. The minimum atomic E-state index is -1.04. The summed E-state index contributed by atoms with van der Waals surface area (Å²) in [5, 5.41) is 12.6. The number of carboxylic acids is 1. The van der Waals surface area contributed by atoms with Crippen LogP contribution in [0.25, 0.3) is 0 Å². The third-order valence-electron chi connectivity index (χ3n) is 4.32.